The van der Waals surface area contributed by atoms with E-state index in [4.69, 9.17) is 9.47 Å². The molecule has 3 rings (SSSR count). The largest absolute Gasteiger partial charge is 0.465 e. The Bertz CT molecular complexity index is 455. The molecule has 104 valence electrons. The lowest BCUT2D eigenvalue weighted by molar-refractivity contribution is -0.165. The third kappa shape index (κ3) is 1.65. The number of hydrogen-bond donors (Lipinski definition) is 0. The zero-order valence-electron chi connectivity index (χ0n) is 11.5. The molecule has 3 fully saturated rings. The van der Waals surface area contributed by atoms with Gasteiger partial charge in [-0.3, -0.25) is 4.79 Å². The maximum atomic E-state index is 11.9. The summed E-state index contributed by atoms with van der Waals surface area (Å²) in [6.07, 6.45) is 2.58. The molecule has 5 unspecified atom stereocenters. The van der Waals surface area contributed by atoms with Gasteiger partial charge in [0.05, 0.1) is 12.5 Å². The van der Waals surface area contributed by atoms with Gasteiger partial charge in [-0.2, -0.15) is 0 Å². The van der Waals surface area contributed by atoms with Gasteiger partial charge < -0.3 is 9.47 Å². The van der Waals surface area contributed by atoms with Crippen molar-refractivity contribution in [1.29, 1.82) is 0 Å². The summed E-state index contributed by atoms with van der Waals surface area (Å²) in [6.45, 7) is 7.87. The van der Waals surface area contributed by atoms with Gasteiger partial charge in [-0.05, 0) is 32.1 Å². The maximum Gasteiger partial charge on any atom is 0.333 e. The van der Waals surface area contributed by atoms with E-state index in [9.17, 15) is 9.59 Å². The first-order chi connectivity index (χ1) is 8.98. The lowest BCUT2D eigenvalue weighted by atomic mass is 9.71. The van der Waals surface area contributed by atoms with Crippen LogP contribution in [0.5, 0.6) is 0 Å². The first-order valence-corrected chi connectivity index (χ1v) is 7.04. The fourth-order valence-corrected chi connectivity index (χ4v) is 4.39. The first kappa shape index (κ1) is 12.7. The van der Waals surface area contributed by atoms with Crippen molar-refractivity contribution in [2.75, 3.05) is 6.61 Å². The summed E-state index contributed by atoms with van der Waals surface area (Å²) in [5, 5.41) is 0. The molecule has 1 aliphatic heterocycles. The van der Waals surface area contributed by atoms with Crippen molar-refractivity contribution in [1.82, 2.24) is 0 Å². The highest BCUT2D eigenvalue weighted by atomic mass is 16.6. The third-order valence-corrected chi connectivity index (χ3v) is 5.26. The highest BCUT2D eigenvalue weighted by Crippen LogP contribution is 2.61. The van der Waals surface area contributed by atoms with E-state index in [-0.39, 0.29) is 29.7 Å². The van der Waals surface area contributed by atoms with Crippen LogP contribution in [-0.2, 0) is 19.1 Å². The predicted octanol–water partition coefficient (Wildman–Crippen LogP) is 2.08. The van der Waals surface area contributed by atoms with E-state index in [1.807, 2.05) is 0 Å². The molecule has 1 heterocycles. The Kier molecular flexibility index (Phi) is 2.73. The predicted molar refractivity (Wildman–Crippen MR) is 68.1 cm³/mol. The summed E-state index contributed by atoms with van der Waals surface area (Å²) in [4.78, 5) is 23.6. The Morgan fingerprint density at radius 2 is 2.32 bits per heavy atom. The molecule has 1 saturated heterocycles. The van der Waals surface area contributed by atoms with Crippen LogP contribution in [0.15, 0.2) is 12.2 Å². The molecule has 2 saturated carbocycles. The van der Waals surface area contributed by atoms with E-state index < -0.39 is 5.60 Å². The molecule has 4 nitrogen and oxygen atoms in total. The van der Waals surface area contributed by atoms with Crippen LogP contribution in [0.25, 0.3) is 0 Å². The van der Waals surface area contributed by atoms with E-state index >= 15 is 0 Å². The maximum absolute atomic E-state index is 11.9. The molecule has 0 aromatic carbocycles. The van der Waals surface area contributed by atoms with Crippen LogP contribution in [0, 0.1) is 23.7 Å². The van der Waals surface area contributed by atoms with Gasteiger partial charge in [0.1, 0.15) is 5.60 Å². The quantitative estimate of drug-likeness (QED) is 0.578. The van der Waals surface area contributed by atoms with E-state index in [1.54, 1.807) is 6.92 Å². The van der Waals surface area contributed by atoms with Crippen LogP contribution in [0.3, 0.4) is 0 Å². The van der Waals surface area contributed by atoms with Crippen LogP contribution in [0.1, 0.15) is 33.1 Å². The minimum Gasteiger partial charge on any atom is -0.465 e. The molecule has 0 aromatic heterocycles. The molecule has 0 amide bonds. The van der Waals surface area contributed by atoms with Gasteiger partial charge >= 0.3 is 11.9 Å². The zero-order valence-corrected chi connectivity index (χ0v) is 11.5. The second-order valence-corrected chi connectivity index (χ2v) is 6.21. The molecular formula is C15H20O4. The number of rotatable bonds is 3. The number of hydrogen-bond acceptors (Lipinski definition) is 4. The van der Waals surface area contributed by atoms with E-state index in [0.717, 1.165) is 19.3 Å². The van der Waals surface area contributed by atoms with Crippen LogP contribution in [0.2, 0.25) is 0 Å². The summed E-state index contributed by atoms with van der Waals surface area (Å²) in [5.74, 6) is 0.520. The summed E-state index contributed by atoms with van der Waals surface area (Å²) < 4.78 is 11.0. The molecule has 0 N–H and O–H groups in total. The molecule has 2 aliphatic carbocycles. The molecule has 0 radical (unpaired) electrons. The van der Waals surface area contributed by atoms with Crippen molar-refractivity contribution in [2.45, 2.75) is 38.7 Å². The Hall–Kier alpha value is -1.32. The van der Waals surface area contributed by atoms with Crippen LogP contribution in [-0.4, -0.2) is 24.1 Å². The van der Waals surface area contributed by atoms with E-state index in [1.165, 1.54) is 0 Å². The van der Waals surface area contributed by atoms with Gasteiger partial charge in [0.2, 0.25) is 0 Å². The normalized spacial score (nSPS) is 42.9. The van der Waals surface area contributed by atoms with Gasteiger partial charge in [0.25, 0.3) is 0 Å². The smallest absolute Gasteiger partial charge is 0.333 e. The first-order valence-electron chi connectivity index (χ1n) is 7.04. The number of ether oxygens (including phenoxy) is 2. The molecule has 0 spiro atoms. The average Bonchev–Trinajstić information content (AvgIpc) is 3.01. The highest BCUT2D eigenvalue weighted by molar-refractivity contribution is 5.87. The standard InChI is InChI=1S/C15H20O4/c1-4-15(19-13(16)8(2)3)6-9-5-11(15)10-7-18-14(17)12(9)10/h9-12H,2,4-7H2,1,3H3. The Morgan fingerprint density at radius 1 is 1.58 bits per heavy atom. The summed E-state index contributed by atoms with van der Waals surface area (Å²) in [7, 11) is 0. The number of fused-ring (bicyclic) bond motifs is 5. The van der Waals surface area contributed by atoms with Gasteiger partial charge in [0, 0.05) is 17.4 Å². The Morgan fingerprint density at radius 3 is 2.95 bits per heavy atom. The number of carbonyl (C=O) groups excluding carboxylic acids is 2. The summed E-state index contributed by atoms with van der Waals surface area (Å²) in [5.41, 5.74) is 0.0291. The van der Waals surface area contributed by atoms with Crippen molar-refractivity contribution in [3.63, 3.8) is 0 Å². The number of cyclic esters (lactones) is 1. The van der Waals surface area contributed by atoms with Crippen molar-refractivity contribution in [3.8, 4) is 0 Å². The van der Waals surface area contributed by atoms with E-state index in [0.29, 0.717) is 18.1 Å². The summed E-state index contributed by atoms with van der Waals surface area (Å²) >= 11 is 0. The van der Waals surface area contributed by atoms with Crippen LogP contribution < -0.4 is 0 Å². The van der Waals surface area contributed by atoms with Crippen molar-refractivity contribution >= 4 is 11.9 Å². The fourth-order valence-electron chi connectivity index (χ4n) is 4.39. The molecule has 3 aliphatic rings. The lowest BCUT2D eigenvalue weighted by Crippen LogP contribution is -2.46. The summed E-state index contributed by atoms with van der Waals surface area (Å²) in [6, 6.07) is 0. The second-order valence-electron chi connectivity index (χ2n) is 6.21. The van der Waals surface area contributed by atoms with Gasteiger partial charge in [-0.1, -0.05) is 13.5 Å². The van der Waals surface area contributed by atoms with Gasteiger partial charge in [-0.15, -0.1) is 0 Å². The molecular weight excluding hydrogens is 244 g/mol. The van der Waals surface area contributed by atoms with Crippen molar-refractivity contribution in [2.24, 2.45) is 23.7 Å². The molecule has 2 bridgehead atoms. The molecule has 19 heavy (non-hydrogen) atoms. The lowest BCUT2D eigenvalue weighted by Gasteiger charge is -2.40. The van der Waals surface area contributed by atoms with Gasteiger partial charge in [0.15, 0.2) is 0 Å². The monoisotopic (exact) mass is 264 g/mol. The second kappa shape index (κ2) is 4.09. The molecule has 4 heteroatoms. The highest BCUT2D eigenvalue weighted by Gasteiger charge is 2.65. The van der Waals surface area contributed by atoms with E-state index in [2.05, 4.69) is 13.5 Å². The Labute approximate surface area is 113 Å². The number of carbonyl (C=O) groups is 2. The topological polar surface area (TPSA) is 52.6 Å². The molecule has 0 aromatic rings. The minimum atomic E-state index is -0.407. The molecule has 5 atom stereocenters. The van der Waals surface area contributed by atoms with Crippen LogP contribution >= 0.6 is 0 Å². The average molecular weight is 264 g/mol. The third-order valence-electron chi connectivity index (χ3n) is 5.26. The number of esters is 2. The van der Waals surface area contributed by atoms with Crippen molar-refractivity contribution < 1.29 is 19.1 Å². The Balaban J connectivity index is 1.84. The zero-order chi connectivity index (χ0) is 13.8. The van der Waals surface area contributed by atoms with Gasteiger partial charge in [-0.25, -0.2) is 4.79 Å². The fraction of sp³-hybridized carbons (Fsp3) is 0.733. The SMILES string of the molecule is C=C(C)C(=O)OC1(CC)CC2CC1C1COC(=O)C21. The van der Waals surface area contributed by atoms with Crippen molar-refractivity contribution in [3.05, 3.63) is 12.2 Å². The minimum absolute atomic E-state index is 0.0477. The van der Waals surface area contributed by atoms with Crippen LogP contribution in [0.4, 0.5) is 0 Å².